The van der Waals surface area contributed by atoms with E-state index in [1.807, 2.05) is 30.3 Å². The molecule has 18 heavy (non-hydrogen) atoms. The van der Waals surface area contributed by atoms with E-state index in [0.717, 1.165) is 12.0 Å². The van der Waals surface area contributed by atoms with Crippen LogP contribution in [0.1, 0.15) is 12.0 Å². The zero-order chi connectivity index (χ0) is 12.8. The Bertz CT molecular complexity index is 421. The summed E-state index contributed by atoms with van der Waals surface area (Å²) in [5.74, 6) is 4.99. The number of amides is 1. The van der Waals surface area contributed by atoms with Crippen molar-refractivity contribution in [3.63, 3.8) is 0 Å². The molecule has 2 rings (SSSR count). The van der Waals surface area contributed by atoms with Crippen molar-refractivity contribution < 1.29 is 9.53 Å². The van der Waals surface area contributed by atoms with Crippen molar-refractivity contribution in [2.24, 2.45) is 16.2 Å². The lowest BCUT2D eigenvalue weighted by atomic mass is 10.2. The van der Waals surface area contributed by atoms with Crippen molar-refractivity contribution >= 4 is 6.09 Å². The van der Waals surface area contributed by atoms with Gasteiger partial charge in [0.25, 0.3) is 0 Å². The molecule has 0 saturated carbocycles. The van der Waals surface area contributed by atoms with Crippen LogP contribution in [0.4, 0.5) is 4.79 Å². The van der Waals surface area contributed by atoms with Crippen LogP contribution in [0.5, 0.6) is 0 Å². The monoisotopic (exact) mass is 248 g/mol. The summed E-state index contributed by atoms with van der Waals surface area (Å²) in [6, 6.07) is 9.59. The molecule has 1 saturated heterocycles. The molecule has 0 bridgehead atoms. The smallest absolute Gasteiger partial charge is 0.410 e. The van der Waals surface area contributed by atoms with Gasteiger partial charge in [-0.2, -0.15) is 5.11 Å². The van der Waals surface area contributed by atoms with Gasteiger partial charge in [0, 0.05) is 13.1 Å². The van der Waals surface area contributed by atoms with Gasteiger partial charge in [-0.3, -0.25) is 0 Å². The van der Waals surface area contributed by atoms with Gasteiger partial charge in [0.15, 0.2) is 0 Å². The van der Waals surface area contributed by atoms with E-state index < -0.39 is 0 Å². The molecule has 0 aliphatic carbocycles. The van der Waals surface area contributed by atoms with Crippen LogP contribution < -0.4 is 5.84 Å². The minimum absolute atomic E-state index is 0.000671. The highest BCUT2D eigenvalue weighted by Crippen LogP contribution is 2.14. The Labute approximate surface area is 105 Å². The van der Waals surface area contributed by atoms with Crippen molar-refractivity contribution in [2.45, 2.75) is 19.1 Å². The van der Waals surface area contributed by atoms with E-state index in [1.54, 1.807) is 4.90 Å². The Morgan fingerprint density at radius 3 is 2.94 bits per heavy atom. The summed E-state index contributed by atoms with van der Waals surface area (Å²) in [5, 5.41) is 7.08. The maximum atomic E-state index is 11.8. The summed E-state index contributed by atoms with van der Waals surface area (Å²) in [5.41, 5.74) is 0.975. The maximum Gasteiger partial charge on any atom is 0.410 e. The third-order valence-corrected chi connectivity index (χ3v) is 2.86. The largest absolute Gasteiger partial charge is 0.445 e. The molecular formula is C12H16N4O2. The number of hydrogen-bond donors (Lipinski definition) is 1. The van der Waals surface area contributed by atoms with Gasteiger partial charge in [0.05, 0.1) is 6.04 Å². The Hall–Kier alpha value is -2.11. The molecule has 6 heteroatoms. The van der Waals surface area contributed by atoms with Crippen LogP contribution in [-0.4, -0.2) is 30.1 Å². The molecule has 1 fully saturated rings. The molecule has 0 radical (unpaired) electrons. The van der Waals surface area contributed by atoms with Gasteiger partial charge in [0.2, 0.25) is 0 Å². The van der Waals surface area contributed by atoms with Crippen LogP contribution in [0, 0.1) is 0 Å². The third-order valence-electron chi connectivity index (χ3n) is 2.86. The predicted molar refractivity (Wildman–Crippen MR) is 65.6 cm³/mol. The molecule has 1 atom stereocenters. The van der Waals surface area contributed by atoms with Gasteiger partial charge in [-0.15, -0.1) is 0 Å². The molecule has 0 aromatic heterocycles. The van der Waals surface area contributed by atoms with E-state index in [4.69, 9.17) is 10.6 Å². The summed E-state index contributed by atoms with van der Waals surface area (Å²) in [4.78, 5) is 13.4. The van der Waals surface area contributed by atoms with Crippen LogP contribution in [-0.2, 0) is 11.3 Å². The maximum absolute atomic E-state index is 11.8. The summed E-state index contributed by atoms with van der Waals surface area (Å²) in [6.45, 7) is 1.45. The second-order valence-electron chi connectivity index (χ2n) is 4.16. The molecule has 1 aliphatic heterocycles. The lowest BCUT2D eigenvalue weighted by Gasteiger charge is -2.15. The number of hydrogen-bond acceptors (Lipinski definition) is 4. The molecule has 6 nitrogen and oxygen atoms in total. The lowest BCUT2D eigenvalue weighted by molar-refractivity contribution is 0.104. The number of carbonyl (C=O) groups is 1. The van der Waals surface area contributed by atoms with Crippen LogP contribution >= 0.6 is 0 Å². The minimum Gasteiger partial charge on any atom is -0.445 e. The number of likely N-dealkylation sites (tertiary alicyclic amines) is 1. The highest BCUT2D eigenvalue weighted by atomic mass is 16.6. The molecule has 1 unspecified atom stereocenters. The van der Waals surface area contributed by atoms with Crippen LogP contribution in [0.2, 0.25) is 0 Å². The van der Waals surface area contributed by atoms with Crippen LogP contribution in [0.25, 0.3) is 0 Å². The number of benzene rings is 1. The molecular weight excluding hydrogens is 232 g/mol. The van der Waals surface area contributed by atoms with Gasteiger partial charge in [-0.1, -0.05) is 35.6 Å². The Kier molecular flexibility index (Phi) is 4.11. The van der Waals surface area contributed by atoms with E-state index >= 15 is 0 Å². The van der Waals surface area contributed by atoms with E-state index in [1.165, 1.54) is 0 Å². The summed E-state index contributed by atoms with van der Waals surface area (Å²) < 4.78 is 5.22. The standard InChI is InChI=1S/C12H16N4O2/c13-15-14-11-6-7-16(8-11)12(17)18-9-10-4-2-1-3-5-10/h1-5,11H,6-9H2,(H2,13,14). The molecule has 1 heterocycles. The molecule has 96 valence electrons. The zero-order valence-electron chi connectivity index (χ0n) is 10.0. The predicted octanol–water partition coefficient (Wildman–Crippen LogP) is 1.72. The van der Waals surface area contributed by atoms with E-state index in [9.17, 15) is 4.79 Å². The van der Waals surface area contributed by atoms with Gasteiger partial charge < -0.3 is 15.5 Å². The fraction of sp³-hybridized carbons (Fsp3) is 0.417. The zero-order valence-corrected chi connectivity index (χ0v) is 10.0. The van der Waals surface area contributed by atoms with Gasteiger partial charge >= 0.3 is 6.09 Å². The first-order chi connectivity index (χ1) is 8.79. The lowest BCUT2D eigenvalue weighted by Crippen LogP contribution is -2.29. The second kappa shape index (κ2) is 6.00. The third kappa shape index (κ3) is 3.19. The Balaban J connectivity index is 1.79. The van der Waals surface area contributed by atoms with E-state index in [2.05, 4.69) is 10.3 Å². The average Bonchev–Trinajstić information content (AvgIpc) is 2.86. The highest BCUT2D eigenvalue weighted by molar-refractivity contribution is 5.68. The fourth-order valence-electron chi connectivity index (χ4n) is 1.91. The van der Waals surface area contributed by atoms with E-state index in [-0.39, 0.29) is 12.1 Å². The van der Waals surface area contributed by atoms with Crippen molar-refractivity contribution in [3.8, 4) is 0 Å². The first-order valence-electron chi connectivity index (χ1n) is 5.85. The van der Waals surface area contributed by atoms with Crippen LogP contribution in [0.15, 0.2) is 40.7 Å². The quantitative estimate of drug-likeness (QED) is 0.502. The first-order valence-corrected chi connectivity index (χ1v) is 5.85. The molecule has 1 amide bonds. The first kappa shape index (κ1) is 12.3. The van der Waals surface area contributed by atoms with Gasteiger partial charge in [0.1, 0.15) is 6.61 Å². The number of nitrogens with two attached hydrogens (primary N) is 1. The van der Waals surface area contributed by atoms with Crippen molar-refractivity contribution in [1.82, 2.24) is 4.90 Å². The summed E-state index contributed by atoms with van der Waals surface area (Å²) >= 11 is 0. The van der Waals surface area contributed by atoms with Crippen molar-refractivity contribution in [1.29, 1.82) is 0 Å². The van der Waals surface area contributed by atoms with Crippen molar-refractivity contribution in [3.05, 3.63) is 35.9 Å². The molecule has 0 spiro atoms. The molecule has 2 N–H and O–H groups in total. The number of rotatable bonds is 3. The average molecular weight is 248 g/mol. The number of carbonyl (C=O) groups excluding carboxylic acids is 1. The Morgan fingerprint density at radius 2 is 2.22 bits per heavy atom. The fourth-order valence-corrected chi connectivity index (χ4v) is 1.91. The number of nitrogens with zero attached hydrogens (tertiary/aromatic N) is 3. The van der Waals surface area contributed by atoms with Crippen molar-refractivity contribution in [2.75, 3.05) is 13.1 Å². The number of ether oxygens (including phenoxy) is 1. The summed E-state index contributed by atoms with van der Waals surface area (Å²) in [6.07, 6.45) is 0.467. The SMILES string of the molecule is NN=NC1CCN(C(=O)OCc2ccccc2)C1. The second-order valence-corrected chi connectivity index (χ2v) is 4.16. The topological polar surface area (TPSA) is 80.3 Å². The molecule has 1 aromatic rings. The minimum atomic E-state index is -0.312. The Morgan fingerprint density at radius 1 is 1.44 bits per heavy atom. The van der Waals surface area contributed by atoms with Gasteiger partial charge in [-0.05, 0) is 12.0 Å². The van der Waals surface area contributed by atoms with Gasteiger partial charge in [-0.25, -0.2) is 4.79 Å². The highest BCUT2D eigenvalue weighted by Gasteiger charge is 2.27. The summed E-state index contributed by atoms with van der Waals surface area (Å²) in [7, 11) is 0. The molecule has 1 aliphatic rings. The normalized spacial score (nSPS) is 19.3. The van der Waals surface area contributed by atoms with E-state index in [0.29, 0.717) is 19.7 Å². The van der Waals surface area contributed by atoms with Crippen LogP contribution in [0.3, 0.4) is 0 Å². The molecule has 1 aromatic carbocycles.